The van der Waals surface area contributed by atoms with Crippen LogP contribution in [0.3, 0.4) is 0 Å². The molecule has 1 saturated carbocycles. The molecule has 2 nitrogen and oxygen atoms in total. The monoisotopic (exact) mass is 265 g/mol. The van der Waals surface area contributed by atoms with Crippen molar-refractivity contribution in [2.45, 2.75) is 56.6 Å². The van der Waals surface area contributed by atoms with E-state index in [2.05, 4.69) is 0 Å². The largest absolute Gasteiger partial charge is 0.377 e. The van der Waals surface area contributed by atoms with Crippen molar-refractivity contribution in [1.29, 1.82) is 0 Å². The number of benzene rings is 1. The zero-order chi connectivity index (χ0) is 13.7. The molecule has 0 bridgehead atoms. The lowest BCUT2D eigenvalue weighted by atomic mass is 9.83. The molecule has 1 unspecified atom stereocenters. The van der Waals surface area contributed by atoms with Crippen LogP contribution in [-0.2, 0) is 11.2 Å². The normalized spacial score (nSPS) is 20.8. The highest BCUT2D eigenvalue weighted by molar-refractivity contribution is 5.18. The van der Waals surface area contributed by atoms with Gasteiger partial charge in [-0.05, 0) is 37.0 Å². The fraction of sp³-hybridized carbons (Fsp3) is 0.625. The van der Waals surface area contributed by atoms with E-state index in [1.165, 1.54) is 31.7 Å². The summed E-state index contributed by atoms with van der Waals surface area (Å²) in [7, 11) is 1.76. The Morgan fingerprint density at radius 1 is 1.26 bits per heavy atom. The summed E-state index contributed by atoms with van der Waals surface area (Å²) in [5.41, 5.74) is 7.12. The zero-order valence-electron chi connectivity index (χ0n) is 11.7. The minimum absolute atomic E-state index is 0.0719. The maximum Gasteiger partial charge on any atom is 0.123 e. The van der Waals surface area contributed by atoms with Crippen LogP contribution in [0, 0.1) is 5.82 Å². The van der Waals surface area contributed by atoms with Crippen molar-refractivity contribution in [3.8, 4) is 0 Å². The minimum Gasteiger partial charge on any atom is -0.377 e. The molecule has 3 heteroatoms. The number of nitrogens with two attached hydrogens (primary N) is 1. The summed E-state index contributed by atoms with van der Waals surface area (Å²) in [5.74, 6) is -0.197. The van der Waals surface area contributed by atoms with Gasteiger partial charge in [0.25, 0.3) is 0 Å². The lowest BCUT2D eigenvalue weighted by molar-refractivity contribution is -0.0430. The van der Waals surface area contributed by atoms with E-state index in [0.29, 0.717) is 6.42 Å². The molecule has 0 aromatic heterocycles. The van der Waals surface area contributed by atoms with Crippen LogP contribution < -0.4 is 5.73 Å². The Hall–Kier alpha value is -0.930. The van der Waals surface area contributed by atoms with Gasteiger partial charge in [0.05, 0.1) is 5.60 Å². The number of methoxy groups -OCH3 is 1. The highest BCUT2D eigenvalue weighted by atomic mass is 19.1. The van der Waals surface area contributed by atoms with Crippen LogP contribution in [0.25, 0.3) is 0 Å². The van der Waals surface area contributed by atoms with Gasteiger partial charge in [0.1, 0.15) is 5.82 Å². The Morgan fingerprint density at radius 2 is 1.95 bits per heavy atom. The number of hydrogen-bond donors (Lipinski definition) is 1. The van der Waals surface area contributed by atoms with Gasteiger partial charge in [0.15, 0.2) is 0 Å². The van der Waals surface area contributed by atoms with E-state index < -0.39 is 0 Å². The lowest BCUT2D eigenvalue weighted by Gasteiger charge is -2.37. The van der Waals surface area contributed by atoms with Crippen LogP contribution in [0.4, 0.5) is 4.39 Å². The van der Waals surface area contributed by atoms with Gasteiger partial charge in [0, 0.05) is 13.2 Å². The second-order valence-electron chi connectivity index (χ2n) is 5.62. The average molecular weight is 265 g/mol. The summed E-state index contributed by atoms with van der Waals surface area (Å²) in [4.78, 5) is 0. The molecule has 0 aliphatic heterocycles. The molecule has 2 rings (SSSR count). The van der Waals surface area contributed by atoms with Crippen LogP contribution in [0.5, 0.6) is 0 Å². The first-order valence-corrected chi connectivity index (χ1v) is 7.21. The molecular formula is C16H24FNO. The van der Waals surface area contributed by atoms with Crippen molar-refractivity contribution < 1.29 is 9.13 Å². The van der Waals surface area contributed by atoms with Crippen LogP contribution in [-0.4, -0.2) is 18.8 Å². The number of halogens is 1. The molecule has 1 fully saturated rings. The molecule has 106 valence electrons. The van der Waals surface area contributed by atoms with E-state index in [4.69, 9.17) is 10.5 Å². The first-order chi connectivity index (χ1) is 9.16. The van der Waals surface area contributed by atoms with Gasteiger partial charge >= 0.3 is 0 Å². The summed E-state index contributed by atoms with van der Waals surface area (Å²) >= 11 is 0. The Morgan fingerprint density at radius 3 is 2.53 bits per heavy atom. The van der Waals surface area contributed by atoms with E-state index in [1.54, 1.807) is 19.2 Å². The fourth-order valence-corrected chi connectivity index (χ4v) is 3.16. The fourth-order valence-electron chi connectivity index (χ4n) is 3.16. The van der Waals surface area contributed by atoms with Crippen LogP contribution in [0.15, 0.2) is 24.3 Å². The second-order valence-corrected chi connectivity index (χ2v) is 5.62. The Labute approximate surface area is 115 Å². The topological polar surface area (TPSA) is 35.2 Å². The maximum absolute atomic E-state index is 13.2. The van der Waals surface area contributed by atoms with Gasteiger partial charge in [0.2, 0.25) is 0 Å². The molecular weight excluding hydrogens is 241 g/mol. The first kappa shape index (κ1) is 14.5. The third-order valence-electron chi connectivity index (χ3n) is 4.38. The van der Waals surface area contributed by atoms with Crippen LogP contribution >= 0.6 is 0 Å². The molecule has 0 radical (unpaired) electrons. The van der Waals surface area contributed by atoms with E-state index in [9.17, 15) is 4.39 Å². The van der Waals surface area contributed by atoms with Crippen molar-refractivity contribution in [2.24, 2.45) is 5.73 Å². The van der Waals surface area contributed by atoms with Crippen molar-refractivity contribution in [2.75, 3.05) is 7.11 Å². The lowest BCUT2D eigenvalue weighted by Crippen LogP contribution is -2.50. The van der Waals surface area contributed by atoms with E-state index in [1.807, 2.05) is 6.07 Å². The maximum atomic E-state index is 13.2. The van der Waals surface area contributed by atoms with Gasteiger partial charge in [-0.2, -0.15) is 0 Å². The van der Waals surface area contributed by atoms with Gasteiger partial charge in [-0.15, -0.1) is 0 Å². The summed E-state index contributed by atoms with van der Waals surface area (Å²) < 4.78 is 19.0. The zero-order valence-corrected chi connectivity index (χ0v) is 11.7. The summed E-state index contributed by atoms with van der Waals surface area (Å²) in [6, 6.07) is 6.64. The number of ether oxygens (including phenoxy) is 1. The predicted molar refractivity (Wildman–Crippen MR) is 75.5 cm³/mol. The first-order valence-electron chi connectivity index (χ1n) is 7.21. The Bertz CT molecular complexity index is 399. The molecule has 0 amide bonds. The van der Waals surface area contributed by atoms with Crippen LogP contribution in [0.2, 0.25) is 0 Å². The highest BCUT2D eigenvalue weighted by Crippen LogP contribution is 2.33. The van der Waals surface area contributed by atoms with Crippen molar-refractivity contribution in [1.82, 2.24) is 0 Å². The molecule has 1 aromatic carbocycles. The van der Waals surface area contributed by atoms with Crippen molar-refractivity contribution in [3.05, 3.63) is 35.6 Å². The standard InChI is InChI=1S/C16H24FNO/c1-19-16(9-4-2-3-5-10-16)15(18)12-13-7-6-8-14(17)11-13/h6-8,11,15H,2-5,9-10,12,18H2,1H3. The summed E-state index contributed by atoms with van der Waals surface area (Å²) in [6.07, 6.45) is 7.57. The number of rotatable bonds is 4. The Balaban J connectivity index is 2.09. The molecule has 1 aliphatic rings. The van der Waals surface area contributed by atoms with Crippen molar-refractivity contribution >= 4 is 0 Å². The summed E-state index contributed by atoms with van der Waals surface area (Å²) in [5, 5.41) is 0. The molecule has 0 spiro atoms. The quantitative estimate of drug-likeness (QED) is 0.846. The summed E-state index contributed by atoms with van der Waals surface area (Å²) in [6.45, 7) is 0. The second kappa shape index (κ2) is 6.49. The molecule has 1 aromatic rings. The molecule has 1 atom stereocenters. The van der Waals surface area contributed by atoms with E-state index in [-0.39, 0.29) is 17.5 Å². The van der Waals surface area contributed by atoms with Gasteiger partial charge in [-0.1, -0.05) is 37.8 Å². The Kier molecular flexibility index (Phi) is 4.94. The number of hydrogen-bond acceptors (Lipinski definition) is 2. The van der Waals surface area contributed by atoms with Gasteiger partial charge in [-0.25, -0.2) is 4.39 Å². The SMILES string of the molecule is COC1(C(N)Cc2cccc(F)c2)CCCCCC1. The molecule has 1 aliphatic carbocycles. The predicted octanol–water partition coefficient (Wildman–Crippen LogP) is 3.43. The van der Waals surface area contributed by atoms with E-state index >= 15 is 0 Å². The third kappa shape index (κ3) is 3.54. The smallest absolute Gasteiger partial charge is 0.123 e. The van der Waals surface area contributed by atoms with Gasteiger partial charge in [-0.3, -0.25) is 0 Å². The van der Waals surface area contributed by atoms with Crippen molar-refractivity contribution in [3.63, 3.8) is 0 Å². The minimum atomic E-state index is -0.233. The molecule has 0 saturated heterocycles. The van der Waals surface area contributed by atoms with Crippen LogP contribution in [0.1, 0.15) is 44.1 Å². The highest BCUT2D eigenvalue weighted by Gasteiger charge is 2.36. The average Bonchev–Trinajstić information content (AvgIpc) is 2.65. The molecule has 19 heavy (non-hydrogen) atoms. The molecule has 0 heterocycles. The molecule has 2 N–H and O–H groups in total. The third-order valence-corrected chi connectivity index (χ3v) is 4.38. The van der Waals surface area contributed by atoms with Gasteiger partial charge < -0.3 is 10.5 Å². The van der Waals surface area contributed by atoms with E-state index in [0.717, 1.165) is 18.4 Å².